The van der Waals surface area contributed by atoms with Crippen molar-refractivity contribution in [3.05, 3.63) is 59.2 Å². The minimum absolute atomic E-state index is 0.250. The first-order valence-corrected chi connectivity index (χ1v) is 9.84. The average Bonchev–Trinajstić information content (AvgIpc) is 2.59. The van der Waals surface area contributed by atoms with Crippen LogP contribution in [0.15, 0.2) is 47.4 Å². The predicted molar refractivity (Wildman–Crippen MR) is 94.9 cm³/mol. The summed E-state index contributed by atoms with van der Waals surface area (Å²) in [7, 11) is -3.48. The zero-order valence-corrected chi connectivity index (χ0v) is 14.7. The molecule has 2 aromatic carbocycles. The molecular weight excluding hydrogens is 322 g/mol. The fourth-order valence-electron chi connectivity index (χ4n) is 3.08. The Bertz CT molecular complexity index is 815. The number of aryl methyl sites for hydroxylation is 2. The number of ether oxygens (including phenoxy) is 1. The average molecular weight is 345 g/mol. The molecular formula is C19H23NO3S. The third kappa shape index (κ3) is 3.97. The second kappa shape index (κ2) is 7.36. The highest BCUT2D eigenvalue weighted by Crippen LogP contribution is 2.29. The van der Waals surface area contributed by atoms with E-state index in [1.165, 1.54) is 24.0 Å². The van der Waals surface area contributed by atoms with Crippen LogP contribution in [-0.2, 0) is 22.9 Å². The number of rotatable bonds is 6. The van der Waals surface area contributed by atoms with Crippen LogP contribution in [0.2, 0.25) is 0 Å². The van der Waals surface area contributed by atoms with Gasteiger partial charge in [-0.05, 0) is 67.5 Å². The fraction of sp³-hybridized carbons (Fsp3) is 0.368. The number of hydrogen-bond acceptors (Lipinski definition) is 3. The van der Waals surface area contributed by atoms with E-state index in [-0.39, 0.29) is 6.54 Å². The molecule has 3 rings (SSSR count). The third-order valence-corrected chi connectivity index (χ3v) is 5.76. The molecule has 2 aromatic rings. The first-order chi connectivity index (χ1) is 11.6. The van der Waals surface area contributed by atoms with Crippen LogP contribution in [0.25, 0.3) is 0 Å². The summed E-state index contributed by atoms with van der Waals surface area (Å²) in [4.78, 5) is 0.291. The van der Waals surface area contributed by atoms with Crippen LogP contribution in [0.5, 0.6) is 5.75 Å². The molecule has 0 saturated heterocycles. The second-order valence-electron chi connectivity index (χ2n) is 6.16. The summed E-state index contributed by atoms with van der Waals surface area (Å²) in [5.74, 6) is 0.891. The van der Waals surface area contributed by atoms with Crippen LogP contribution in [0.1, 0.15) is 29.5 Å². The van der Waals surface area contributed by atoms with Gasteiger partial charge in [-0.15, -0.1) is 0 Å². The van der Waals surface area contributed by atoms with Crippen LogP contribution < -0.4 is 9.46 Å². The van der Waals surface area contributed by atoms with Gasteiger partial charge in [-0.2, -0.15) is 0 Å². The Balaban J connectivity index is 1.58. The molecule has 0 radical (unpaired) electrons. The first-order valence-electron chi connectivity index (χ1n) is 8.36. The van der Waals surface area contributed by atoms with E-state index < -0.39 is 10.0 Å². The smallest absolute Gasteiger partial charge is 0.240 e. The van der Waals surface area contributed by atoms with Gasteiger partial charge in [-0.3, -0.25) is 0 Å². The van der Waals surface area contributed by atoms with Gasteiger partial charge in [0.2, 0.25) is 10.0 Å². The van der Waals surface area contributed by atoms with Crippen molar-refractivity contribution in [3.8, 4) is 5.75 Å². The fourth-order valence-corrected chi connectivity index (χ4v) is 4.20. The Morgan fingerprint density at radius 2 is 1.88 bits per heavy atom. The Morgan fingerprint density at radius 3 is 2.71 bits per heavy atom. The van der Waals surface area contributed by atoms with Gasteiger partial charge in [0.05, 0.1) is 4.90 Å². The monoisotopic (exact) mass is 345 g/mol. The lowest BCUT2D eigenvalue weighted by Crippen LogP contribution is -2.28. The summed E-state index contributed by atoms with van der Waals surface area (Å²) in [6.45, 7) is 2.45. The number of sulfonamides is 1. The van der Waals surface area contributed by atoms with Crippen LogP contribution in [0.3, 0.4) is 0 Å². The van der Waals surface area contributed by atoms with Gasteiger partial charge in [0.1, 0.15) is 12.4 Å². The van der Waals surface area contributed by atoms with Crippen LogP contribution in [0, 0.1) is 6.92 Å². The van der Waals surface area contributed by atoms with E-state index >= 15 is 0 Å². The molecule has 5 heteroatoms. The third-order valence-electron chi connectivity index (χ3n) is 4.30. The largest absolute Gasteiger partial charge is 0.492 e. The Labute approximate surface area is 143 Å². The summed E-state index contributed by atoms with van der Waals surface area (Å²) in [5.41, 5.74) is 3.56. The van der Waals surface area contributed by atoms with Crippen molar-refractivity contribution in [1.29, 1.82) is 0 Å². The van der Waals surface area contributed by atoms with E-state index in [1.807, 2.05) is 25.1 Å². The van der Waals surface area contributed by atoms with Crippen LogP contribution >= 0.6 is 0 Å². The van der Waals surface area contributed by atoms with E-state index in [9.17, 15) is 8.42 Å². The number of fused-ring (bicyclic) bond motifs is 1. The standard InChI is InChI=1S/C19H23NO3S/c1-15-6-4-9-17(14-15)24(21,22)20-12-13-23-19-11-5-8-16-7-2-3-10-18(16)19/h4-6,8-9,11,14,20H,2-3,7,10,12-13H2,1H3. The van der Waals surface area contributed by atoms with Gasteiger partial charge >= 0.3 is 0 Å². The van der Waals surface area contributed by atoms with Crippen molar-refractivity contribution < 1.29 is 13.2 Å². The molecule has 24 heavy (non-hydrogen) atoms. The van der Waals surface area contributed by atoms with Crippen LogP contribution in [0.4, 0.5) is 0 Å². The predicted octanol–water partition coefficient (Wildman–Crippen LogP) is 3.23. The molecule has 128 valence electrons. The topological polar surface area (TPSA) is 55.4 Å². The molecule has 0 fully saturated rings. The summed E-state index contributed by atoms with van der Waals surface area (Å²) >= 11 is 0. The summed E-state index contributed by atoms with van der Waals surface area (Å²) in [6.07, 6.45) is 4.56. The summed E-state index contributed by atoms with van der Waals surface area (Å²) in [5, 5.41) is 0. The van der Waals surface area contributed by atoms with E-state index in [0.29, 0.717) is 11.5 Å². The Hall–Kier alpha value is -1.85. The van der Waals surface area contributed by atoms with E-state index in [2.05, 4.69) is 10.8 Å². The molecule has 1 aliphatic rings. The lowest BCUT2D eigenvalue weighted by Gasteiger charge is -2.19. The minimum Gasteiger partial charge on any atom is -0.492 e. The lowest BCUT2D eigenvalue weighted by molar-refractivity contribution is 0.318. The molecule has 0 atom stereocenters. The van der Waals surface area contributed by atoms with Gasteiger partial charge in [-0.25, -0.2) is 13.1 Å². The Kier molecular flexibility index (Phi) is 5.21. The maximum Gasteiger partial charge on any atom is 0.240 e. The van der Waals surface area contributed by atoms with E-state index in [4.69, 9.17) is 4.74 Å². The van der Waals surface area contributed by atoms with Crippen molar-refractivity contribution in [2.24, 2.45) is 0 Å². The second-order valence-corrected chi connectivity index (χ2v) is 7.93. The minimum atomic E-state index is -3.48. The van der Waals surface area contributed by atoms with Gasteiger partial charge < -0.3 is 4.74 Å². The van der Waals surface area contributed by atoms with Crippen molar-refractivity contribution in [2.45, 2.75) is 37.5 Å². The molecule has 0 saturated carbocycles. The lowest BCUT2D eigenvalue weighted by atomic mass is 9.91. The van der Waals surface area contributed by atoms with Gasteiger partial charge in [-0.1, -0.05) is 24.3 Å². The normalized spacial score (nSPS) is 14.2. The zero-order chi connectivity index (χ0) is 17.0. The number of nitrogens with one attached hydrogen (secondary N) is 1. The highest BCUT2D eigenvalue weighted by Gasteiger charge is 2.15. The molecule has 0 unspecified atom stereocenters. The van der Waals surface area contributed by atoms with Crippen molar-refractivity contribution in [1.82, 2.24) is 4.72 Å². The molecule has 4 nitrogen and oxygen atoms in total. The molecule has 0 amide bonds. The molecule has 0 aliphatic heterocycles. The van der Waals surface area contributed by atoms with E-state index in [0.717, 1.165) is 24.2 Å². The van der Waals surface area contributed by atoms with Gasteiger partial charge in [0, 0.05) is 6.54 Å². The SMILES string of the molecule is Cc1cccc(S(=O)(=O)NCCOc2cccc3c2CCCC3)c1. The molecule has 0 aromatic heterocycles. The van der Waals surface area contributed by atoms with Crippen molar-refractivity contribution in [2.75, 3.05) is 13.2 Å². The molecule has 0 bridgehead atoms. The van der Waals surface area contributed by atoms with E-state index in [1.54, 1.807) is 18.2 Å². The summed E-state index contributed by atoms with van der Waals surface area (Å²) < 4.78 is 33.0. The number of hydrogen-bond donors (Lipinski definition) is 1. The first kappa shape index (κ1) is 17.0. The summed E-state index contributed by atoms with van der Waals surface area (Å²) in [6, 6.07) is 13.0. The maximum atomic E-state index is 12.3. The van der Waals surface area contributed by atoms with Crippen molar-refractivity contribution >= 4 is 10.0 Å². The number of benzene rings is 2. The molecule has 1 N–H and O–H groups in total. The Morgan fingerprint density at radius 1 is 1.08 bits per heavy atom. The van der Waals surface area contributed by atoms with Gasteiger partial charge in [0.15, 0.2) is 0 Å². The zero-order valence-electron chi connectivity index (χ0n) is 13.9. The quantitative estimate of drug-likeness (QED) is 0.818. The highest BCUT2D eigenvalue weighted by atomic mass is 32.2. The molecule has 1 aliphatic carbocycles. The van der Waals surface area contributed by atoms with Crippen molar-refractivity contribution in [3.63, 3.8) is 0 Å². The van der Waals surface area contributed by atoms with Gasteiger partial charge in [0.25, 0.3) is 0 Å². The highest BCUT2D eigenvalue weighted by molar-refractivity contribution is 7.89. The maximum absolute atomic E-state index is 12.3. The molecule has 0 spiro atoms. The van der Waals surface area contributed by atoms with Crippen LogP contribution in [-0.4, -0.2) is 21.6 Å². The molecule has 0 heterocycles.